The van der Waals surface area contributed by atoms with E-state index in [2.05, 4.69) is 95.9 Å². The topological polar surface area (TPSA) is 3.24 Å². The van der Waals surface area contributed by atoms with Crippen molar-refractivity contribution in [3.8, 4) is 0 Å². The van der Waals surface area contributed by atoms with E-state index in [0.29, 0.717) is 12.0 Å². The van der Waals surface area contributed by atoms with Gasteiger partial charge in [0.1, 0.15) is 0 Å². The monoisotopic (exact) mass is 285 g/mol. The second-order valence-electron chi connectivity index (χ2n) is 5.86. The molecule has 0 aromatic heterocycles. The van der Waals surface area contributed by atoms with Crippen LogP contribution in [0.4, 0.5) is 5.69 Å². The molecule has 4 rings (SSSR count). The molecular formula is C21H19N. The third-order valence-corrected chi connectivity index (χ3v) is 4.57. The van der Waals surface area contributed by atoms with Gasteiger partial charge in [-0.05, 0) is 23.3 Å². The second kappa shape index (κ2) is 5.69. The standard InChI is InChI=1S/C21H19N/c1-4-10-17(11-5-1)20-16-22(19-14-8-3-9-15-19)21(20)18-12-6-2-7-13-18/h1-15,20-21H,16H2/t20-,21+/m0/s1. The van der Waals surface area contributed by atoms with Gasteiger partial charge in [-0.1, -0.05) is 78.9 Å². The summed E-state index contributed by atoms with van der Waals surface area (Å²) in [4.78, 5) is 2.51. The van der Waals surface area contributed by atoms with Crippen LogP contribution in [0.25, 0.3) is 0 Å². The molecule has 0 bridgehead atoms. The summed E-state index contributed by atoms with van der Waals surface area (Å²) in [6.45, 7) is 1.08. The molecule has 3 aromatic rings. The average Bonchev–Trinajstić information content (AvgIpc) is 2.57. The highest BCUT2D eigenvalue weighted by molar-refractivity contribution is 5.55. The van der Waals surface area contributed by atoms with Crippen LogP contribution in [0.2, 0.25) is 0 Å². The average molecular weight is 285 g/mol. The Morgan fingerprint density at radius 3 is 1.68 bits per heavy atom. The molecule has 108 valence electrons. The van der Waals surface area contributed by atoms with Crippen molar-refractivity contribution >= 4 is 5.69 Å². The largest absolute Gasteiger partial charge is 0.363 e. The van der Waals surface area contributed by atoms with Gasteiger partial charge in [0.2, 0.25) is 0 Å². The number of benzene rings is 3. The molecule has 3 aromatic carbocycles. The van der Waals surface area contributed by atoms with Gasteiger partial charge in [-0.25, -0.2) is 0 Å². The summed E-state index contributed by atoms with van der Waals surface area (Å²) < 4.78 is 0. The summed E-state index contributed by atoms with van der Waals surface area (Å²) in [5.74, 6) is 0.559. The first kappa shape index (κ1) is 13.1. The van der Waals surface area contributed by atoms with E-state index in [9.17, 15) is 0 Å². The van der Waals surface area contributed by atoms with E-state index in [1.54, 1.807) is 0 Å². The molecule has 0 radical (unpaired) electrons. The summed E-state index contributed by atoms with van der Waals surface area (Å²) in [7, 11) is 0. The van der Waals surface area contributed by atoms with Crippen LogP contribution in [-0.2, 0) is 0 Å². The number of rotatable bonds is 3. The zero-order valence-electron chi connectivity index (χ0n) is 12.5. The van der Waals surface area contributed by atoms with Gasteiger partial charge < -0.3 is 4.90 Å². The van der Waals surface area contributed by atoms with Crippen molar-refractivity contribution in [1.82, 2.24) is 0 Å². The third-order valence-electron chi connectivity index (χ3n) is 4.57. The number of nitrogens with zero attached hydrogens (tertiary/aromatic N) is 1. The van der Waals surface area contributed by atoms with Crippen LogP contribution in [0.3, 0.4) is 0 Å². The lowest BCUT2D eigenvalue weighted by molar-refractivity contribution is 0.392. The molecule has 1 aliphatic heterocycles. The molecule has 1 nitrogen and oxygen atoms in total. The summed E-state index contributed by atoms with van der Waals surface area (Å²) in [6, 6.07) is 32.9. The Bertz CT molecular complexity index is 676. The van der Waals surface area contributed by atoms with Crippen molar-refractivity contribution in [2.45, 2.75) is 12.0 Å². The van der Waals surface area contributed by atoms with Crippen molar-refractivity contribution in [2.75, 3.05) is 11.4 Å². The lowest BCUT2D eigenvalue weighted by atomic mass is 9.78. The Morgan fingerprint density at radius 1 is 0.591 bits per heavy atom. The minimum atomic E-state index is 0.422. The smallest absolute Gasteiger partial charge is 0.0628 e. The molecule has 1 heterocycles. The van der Waals surface area contributed by atoms with Gasteiger partial charge in [0, 0.05) is 18.2 Å². The van der Waals surface area contributed by atoms with E-state index in [1.807, 2.05) is 0 Å². The van der Waals surface area contributed by atoms with Crippen LogP contribution < -0.4 is 4.90 Å². The lowest BCUT2D eigenvalue weighted by Crippen LogP contribution is -2.48. The van der Waals surface area contributed by atoms with Crippen molar-refractivity contribution in [3.63, 3.8) is 0 Å². The van der Waals surface area contributed by atoms with Crippen LogP contribution >= 0.6 is 0 Å². The first-order chi connectivity index (χ1) is 10.9. The fourth-order valence-electron chi connectivity index (χ4n) is 3.44. The molecule has 0 saturated carbocycles. The highest BCUT2D eigenvalue weighted by Crippen LogP contribution is 2.47. The predicted molar refractivity (Wildman–Crippen MR) is 92.2 cm³/mol. The molecule has 1 fully saturated rings. The molecule has 22 heavy (non-hydrogen) atoms. The molecule has 0 unspecified atom stereocenters. The first-order valence-electron chi connectivity index (χ1n) is 7.85. The highest BCUT2D eigenvalue weighted by atomic mass is 15.2. The second-order valence-corrected chi connectivity index (χ2v) is 5.86. The highest BCUT2D eigenvalue weighted by Gasteiger charge is 2.40. The molecule has 1 heteroatoms. The quantitative estimate of drug-likeness (QED) is 0.652. The maximum atomic E-state index is 2.51. The van der Waals surface area contributed by atoms with E-state index in [0.717, 1.165) is 6.54 Å². The minimum Gasteiger partial charge on any atom is -0.363 e. The van der Waals surface area contributed by atoms with Gasteiger partial charge in [-0.15, -0.1) is 0 Å². The number of para-hydroxylation sites is 1. The van der Waals surface area contributed by atoms with Gasteiger partial charge >= 0.3 is 0 Å². The van der Waals surface area contributed by atoms with Crippen LogP contribution in [-0.4, -0.2) is 6.54 Å². The molecule has 0 aliphatic carbocycles. The van der Waals surface area contributed by atoms with Gasteiger partial charge in [-0.2, -0.15) is 0 Å². The zero-order valence-corrected chi connectivity index (χ0v) is 12.5. The molecule has 2 atom stereocenters. The fraction of sp³-hybridized carbons (Fsp3) is 0.143. The number of hydrogen-bond acceptors (Lipinski definition) is 1. The number of hydrogen-bond donors (Lipinski definition) is 0. The molecule has 0 amide bonds. The van der Waals surface area contributed by atoms with Crippen LogP contribution in [0.5, 0.6) is 0 Å². The Labute approximate surface area is 131 Å². The minimum absolute atomic E-state index is 0.422. The predicted octanol–water partition coefficient (Wildman–Crippen LogP) is 5.03. The van der Waals surface area contributed by atoms with Crippen molar-refractivity contribution in [3.05, 3.63) is 102 Å². The molecule has 0 spiro atoms. The van der Waals surface area contributed by atoms with Gasteiger partial charge in [0.25, 0.3) is 0 Å². The number of anilines is 1. The Kier molecular flexibility index (Phi) is 3.40. The van der Waals surface area contributed by atoms with E-state index >= 15 is 0 Å². The maximum absolute atomic E-state index is 2.51. The van der Waals surface area contributed by atoms with Gasteiger partial charge in [0.15, 0.2) is 0 Å². The van der Waals surface area contributed by atoms with Crippen LogP contribution in [0.1, 0.15) is 23.1 Å². The summed E-state index contributed by atoms with van der Waals surface area (Å²) >= 11 is 0. The van der Waals surface area contributed by atoms with Crippen molar-refractivity contribution < 1.29 is 0 Å². The molecular weight excluding hydrogens is 266 g/mol. The molecule has 1 saturated heterocycles. The molecule has 1 aliphatic rings. The van der Waals surface area contributed by atoms with E-state index in [4.69, 9.17) is 0 Å². The Morgan fingerprint density at radius 2 is 1.09 bits per heavy atom. The fourth-order valence-corrected chi connectivity index (χ4v) is 3.44. The van der Waals surface area contributed by atoms with Crippen molar-refractivity contribution in [2.24, 2.45) is 0 Å². The SMILES string of the molecule is c1ccc([C@@H]2[C@H](c3ccccc3)CN2c2ccccc2)cc1. The van der Waals surface area contributed by atoms with Gasteiger partial charge in [-0.3, -0.25) is 0 Å². The summed E-state index contributed by atoms with van der Waals surface area (Å²) in [5, 5.41) is 0. The maximum Gasteiger partial charge on any atom is 0.0628 e. The van der Waals surface area contributed by atoms with Crippen molar-refractivity contribution in [1.29, 1.82) is 0 Å². The Balaban J connectivity index is 1.71. The normalized spacial score (nSPS) is 20.5. The lowest BCUT2D eigenvalue weighted by Gasteiger charge is -2.50. The third kappa shape index (κ3) is 2.29. The summed E-state index contributed by atoms with van der Waals surface area (Å²) in [6.07, 6.45) is 0. The Hall–Kier alpha value is -2.54. The van der Waals surface area contributed by atoms with Crippen LogP contribution in [0, 0.1) is 0 Å². The summed E-state index contributed by atoms with van der Waals surface area (Å²) in [5.41, 5.74) is 4.14. The van der Waals surface area contributed by atoms with E-state index < -0.39 is 0 Å². The van der Waals surface area contributed by atoms with Crippen LogP contribution in [0.15, 0.2) is 91.0 Å². The van der Waals surface area contributed by atoms with E-state index in [1.165, 1.54) is 16.8 Å². The zero-order chi connectivity index (χ0) is 14.8. The first-order valence-corrected chi connectivity index (χ1v) is 7.85. The van der Waals surface area contributed by atoms with Gasteiger partial charge in [0.05, 0.1) is 6.04 Å². The molecule has 0 N–H and O–H groups in total. The van der Waals surface area contributed by atoms with E-state index in [-0.39, 0.29) is 0 Å².